The molecule has 0 saturated carbocycles. The molecule has 0 aliphatic carbocycles. The van der Waals surface area contributed by atoms with Gasteiger partial charge in [-0.2, -0.15) is 17.7 Å². The van der Waals surface area contributed by atoms with Gasteiger partial charge in [-0.15, -0.1) is 0 Å². The molecule has 0 spiro atoms. The standard InChI is InChI=1S/C6H12N2OS/c1-6(2,10)4-5(9)8-7-3/h10H,3-4H2,1-2H3,(H,8,9). The van der Waals surface area contributed by atoms with Crippen molar-refractivity contribution in [3.8, 4) is 0 Å². The van der Waals surface area contributed by atoms with Crippen LogP contribution in [0.15, 0.2) is 5.10 Å². The molecule has 3 nitrogen and oxygen atoms in total. The fourth-order valence-electron chi connectivity index (χ4n) is 0.521. The molecule has 0 aliphatic heterocycles. The first-order valence-electron chi connectivity index (χ1n) is 2.92. The number of nitrogens with one attached hydrogen (secondary N) is 1. The van der Waals surface area contributed by atoms with Crippen molar-refractivity contribution in [2.45, 2.75) is 25.0 Å². The summed E-state index contributed by atoms with van der Waals surface area (Å²) in [6, 6.07) is 0. The van der Waals surface area contributed by atoms with Gasteiger partial charge in [0.2, 0.25) is 5.91 Å². The van der Waals surface area contributed by atoms with Crippen molar-refractivity contribution < 1.29 is 4.79 Å². The van der Waals surface area contributed by atoms with E-state index < -0.39 is 0 Å². The van der Waals surface area contributed by atoms with E-state index in [2.05, 4.69) is 29.9 Å². The minimum absolute atomic E-state index is 0.157. The van der Waals surface area contributed by atoms with Crippen molar-refractivity contribution >= 4 is 25.3 Å². The van der Waals surface area contributed by atoms with E-state index in [-0.39, 0.29) is 10.7 Å². The second-order valence-electron chi connectivity index (χ2n) is 2.68. The first-order valence-corrected chi connectivity index (χ1v) is 3.37. The molecule has 0 fully saturated rings. The smallest absolute Gasteiger partial charge is 0.241 e. The Morgan fingerprint density at radius 1 is 1.80 bits per heavy atom. The predicted molar refractivity (Wildman–Crippen MR) is 45.4 cm³/mol. The van der Waals surface area contributed by atoms with Crippen molar-refractivity contribution in [2.24, 2.45) is 5.10 Å². The van der Waals surface area contributed by atoms with Crippen LogP contribution in [0.5, 0.6) is 0 Å². The second kappa shape index (κ2) is 3.61. The average Bonchev–Trinajstić information content (AvgIpc) is 1.59. The molecule has 0 saturated heterocycles. The molecule has 58 valence electrons. The fourth-order valence-corrected chi connectivity index (χ4v) is 0.664. The van der Waals surface area contributed by atoms with Gasteiger partial charge < -0.3 is 0 Å². The van der Waals surface area contributed by atoms with Crippen LogP contribution in [0.3, 0.4) is 0 Å². The zero-order valence-electron chi connectivity index (χ0n) is 6.22. The van der Waals surface area contributed by atoms with Gasteiger partial charge in [0.15, 0.2) is 0 Å². The van der Waals surface area contributed by atoms with E-state index in [4.69, 9.17) is 0 Å². The Kier molecular flexibility index (Phi) is 3.42. The number of hydrazone groups is 1. The van der Waals surface area contributed by atoms with E-state index in [1.54, 1.807) is 0 Å². The largest absolute Gasteiger partial charge is 0.273 e. The first kappa shape index (κ1) is 9.49. The van der Waals surface area contributed by atoms with Crippen LogP contribution in [0.2, 0.25) is 0 Å². The summed E-state index contributed by atoms with van der Waals surface area (Å²) < 4.78 is -0.283. The molecule has 0 bridgehead atoms. The maximum absolute atomic E-state index is 10.8. The molecule has 0 aromatic rings. The van der Waals surface area contributed by atoms with Crippen molar-refractivity contribution in [3.05, 3.63) is 0 Å². The Balaban J connectivity index is 3.68. The molecule has 0 unspecified atom stereocenters. The number of amides is 1. The lowest BCUT2D eigenvalue weighted by atomic mass is 10.1. The Bertz CT molecular complexity index is 139. The third kappa shape index (κ3) is 5.62. The van der Waals surface area contributed by atoms with Crippen molar-refractivity contribution in [3.63, 3.8) is 0 Å². The highest BCUT2D eigenvalue weighted by Gasteiger charge is 2.15. The van der Waals surface area contributed by atoms with Crippen molar-refractivity contribution in [2.75, 3.05) is 0 Å². The van der Waals surface area contributed by atoms with Crippen molar-refractivity contribution in [1.82, 2.24) is 5.43 Å². The summed E-state index contributed by atoms with van der Waals surface area (Å²) in [7, 11) is 0. The van der Waals surface area contributed by atoms with Gasteiger partial charge in [0.1, 0.15) is 0 Å². The summed E-state index contributed by atoms with van der Waals surface area (Å²) in [4.78, 5) is 10.8. The lowest BCUT2D eigenvalue weighted by Gasteiger charge is -2.14. The Morgan fingerprint density at radius 3 is 2.60 bits per heavy atom. The molecule has 1 amide bonds. The monoisotopic (exact) mass is 160 g/mol. The molecular weight excluding hydrogens is 148 g/mol. The molecular formula is C6H12N2OS. The molecule has 0 radical (unpaired) electrons. The molecule has 1 N–H and O–H groups in total. The summed E-state index contributed by atoms with van der Waals surface area (Å²) in [6.07, 6.45) is 0.342. The van der Waals surface area contributed by atoms with E-state index in [0.717, 1.165) is 0 Å². The highest BCUT2D eigenvalue weighted by Crippen LogP contribution is 2.15. The molecule has 0 aliphatic rings. The molecule has 0 aromatic carbocycles. The van der Waals surface area contributed by atoms with Crippen LogP contribution in [0.4, 0.5) is 0 Å². The zero-order valence-corrected chi connectivity index (χ0v) is 7.11. The summed E-state index contributed by atoms with van der Waals surface area (Å²) in [5, 5.41) is 3.24. The van der Waals surface area contributed by atoms with Gasteiger partial charge in [-0.1, -0.05) is 13.8 Å². The molecule has 0 atom stereocenters. The average molecular weight is 160 g/mol. The van der Waals surface area contributed by atoms with Crippen LogP contribution in [-0.4, -0.2) is 17.4 Å². The van der Waals surface area contributed by atoms with E-state index >= 15 is 0 Å². The van der Waals surface area contributed by atoms with Crippen LogP contribution in [0.25, 0.3) is 0 Å². The first-order chi connectivity index (χ1) is 4.45. The Morgan fingerprint density at radius 2 is 2.30 bits per heavy atom. The molecule has 4 heteroatoms. The summed E-state index contributed by atoms with van der Waals surface area (Å²) in [6.45, 7) is 6.84. The third-order valence-corrected chi connectivity index (χ3v) is 0.955. The van der Waals surface area contributed by atoms with E-state index in [9.17, 15) is 4.79 Å². The second-order valence-corrected chi connectivity index (χ2v) is 3.89. The van der Waals surface area contributed by atoms with Crippen LogP contribution in [0.1, 0.15) is 20.3 Å². The SMILES string of the molecule is C=NNC(=O)CC(C)(C)S. The predicted octanol–water partition coefficient (Wildman–Crippen LogP) is 0.817. The van der Waals surface area contributed by atoms with Crippen LogP contribution in [0, 0.1) is 0 Å². The third-order valence-electron chi connectivity index (χ3n) is 0.797. The maximum atomic E-state index is 10.8. The lowest BCUT2D eigenvalue weighted by Crippen LogP contribution is -2.25. The number of carbonyl (C=O) groups is 1. The number of hydrogen-bond acceptors (Lipinski definition) is 3. The number of carbonyl (C=O) groups excluding carboxylic acids is 1. The number of nitrogens with zero attached hydrogens (tertiary/aromatic N) is 1. The summed E-state index contributed by atoms with van der Waals surface area (Å²) in [5.74, 6) is -0.157. The van der Waals surface area contributed by atoms with Gasteiger partial charge >= 0.3 is 0 Å². The van der Waals surface area contributed by atoms with Crippen LogP contribution in [-0.2, 0) is 4.79 Å². The van der Waals surface area contributed by atoms with Crippen molar-refractivity contribution in [1.29, 1.82) is 0 Å². The topological polar surface area (TPSA) is 41.5 Å². The molecule has 0 rings (SSSR count). The van der Waals surface area contributed by atoms with E-state index in [1.165, 1.54) is 0 Å². The minimum atomic E-state index is -0.283. The lowest BCUT2D eigenvalue weighted by molar-refractivity contribution is -0.121. The minimum Gasteiger partial charge on any atom is -0.273 e. The van der Waals surface area contributed by atoms with Gasteiger partial charge in [0.05, 0.1) is 0 Å². The number of thiol groups is 1. The Labute approximate surface area is 66.3 Å². The Hall–Kier alpha value is -0.510. The maximum Gasteiger partial charge on any atom is 0.241 e. The van der Waals surface area contributed by atoms with Gasteiger partial charge in [-0.05, 0) is 0 Å². The number of rotatable bonds is 3. The van der Waals surface area contributed by atoms with Crippen LogP contribution < -0.4 is 5.43 Å². The van der Waals surface area contributed by atoms with E-state index in [1.807, 2.05) is 13.8 Å². The fraction of sp³-hybridized carbons (Fsp3) is 0.667. The van der Waals surface area contributed by atoms with Gasteiger partial charge in [0, 0.05) is 17.9 Å². The van der Waals surface area contributed by atoms with Gasteiger partial charge in [0.25, 0.3) is 0 Å². The molecule has 0 heterocycles. The summed E-state index contributed by atoms with van der Waals surface area (Å²) >= 11 is 4.16. The van der Waals surface area contributed by atoms with Gasteiger partial charge in [-0.25, -0.2) is 5.43 Å². The van der Waals surface area contributed by atoms with Gasteiger partial charge in [-0.3, -0.25) is 4.79 Å². The summed E-state index contributed by atoms with van der Waals surface area (Å²) in [5.41, 5.74) is 2.23. The highest BCUT2D eigenvalue weighted by molar-refractivity contribution is 7.81. The zero-order chi connectivity index (χ0) is 8.20. The number of hydrogen-bond donors (Lipinski definition) is 2. The quantitative estimate of drug-likeness (QED) is 0.358. The normalized spacial score (nSPS) is 10.7. The van der Waals surface area contributed by atoms with Crippen LogP contribution >= 0.6 is 12.6 Å². The highest BCUT2D eigenvalue weighted by atomic mass is 32.1. The van der Waals surface area contributed by atoms with E-state index in [0.29, 0.717) is 6.42 Å². The molecule has 10 heavy (non-hydrogen) atoms. The molecule has 0 aromatic heterocycles.